The summed E-state index contributed by atoms with van der Waals surface area (Å²) in [7, 11) is 0. The van der Waals surface area contributed by atoms with E-state index in [2.05, 4.69) is 15.5 Å². The molecule has 3 rings (SSSR count). The number of rotatable bonds is 3. The van der Waals surface area contributed by atoms with Gasteiger partial charge in [-0.2, -0.15) is 0 Å². The van der Waals surface area contributed by atoms with Gasteiger partial charge in [0.15, 0.2) is 0 Å². The molecule has 1 N–H and O–H groups in total. The quantitative estimate of drug-likeness (QED) is 0.765. The number of anilines is 1. The predicted molar refractivity (Wildman–Crippen MR) is 47.3 cm³/mol. The lowest BCUT2D eigenvalue weighted by molar-refractivity contribution is 0.528. The highest BCUT2D eigenvalue weighted by Crippen LogP contribution is 2.50. The van der Waals surface area contributed by atoms with E-state index in [-0.39, 0.29) is 0 Å². The molecule has 4 nitrogen and oxygen atoms in total. The van der Waals surface area contributed by atoms with Crippen LogP contribution in [0.25, 0.3) is 0 Å². The molecule has 1 aromatic rings. The molecule has 2 aliphatic carbocycles. The number of hydrogen-bond donors (Lipinski definition) is 1. The van der Waals surface area contributed by atoms with Crippen molar-refractivity contribution in [2.45, 2.75) is 32.2 Å². The number of aryl methyl sites for hydroxylation is 1. The molecule has 2 fully saturated rings. The molecular weight excluding hydrogens is 166 g/mol. The summed E-state index contributed by atoms with van der Waals surface area (Å²) in [6.07, 6.45) is 4.13. The zero-order chi connectivity index (χ0) is 8.84. The van der Waals surface area contributed by atoms with Gasteiger partial charge in [0.2, 0.25) is 5.89 Å². The average molecular weight is 179 g/mol. The molecule has 2 saturated carbocycles. The fourth-order valence-electron chi connectivity index (χ4n) is 1.94. The van der Waals surface area contributed by atoms with Gasteiger partial charge < -0.3 is 9.73 Å². The summed E-state index contributed by atoms with van der Waals surface area (Å²) in [5.74, 6) is 2.50. The second kappa shape index (κ2) is 2.47. The van der Waals surface area contributed by atoms with Crippen molar-refractivity contribution in [3.8, 4) is 0 Å². The third-order valence-corrected chi connectivity index (χ3v) is 2.90. The first-order valence-electron chi connectivity index (χ1n) is 4.89. The average Bonchev–Trinajstić information content (AvgIpc) is 2.92. The van der Waals surface area contributed by atoms with Crippen LogP contribution in [-0.4, -0.2) is 16.2 Å². The van der Waals surface area contributed by atoms with E-state index >= 15 is 0 Å². The Morgan fingerprint density at radius 2 is 2.23 bits per heavy atom. The van der Waals surface area contributed by atoms with Gasteiger partial charge in [-0.05, 0) is 31.1 Å². The van der Waals surface area contributed by atoms with Crippen molar-refractivity contribution in [2.24, 2.45) is 11.8 Å². The van der Waals surface area contributed by atoms with Gasteiger partial charge in [0.25, 0.3) is 0 Å². The van der Waals surface area contributed by atoms with Gasteiger partial charge in [-0.1, -0.05) is 5.10 Å². The van der Waals surface area contributed by atoms with Gasteiger partial charge in [0, 0.05) is 13.0 Å². The first kappa shape index (κ1) is 7.35. The van der Waals surface area contributed by atoms with Gasteiger partial charge in [-0.15, -0.1) is 5.10 Å². The Morgan fingerprint density at radius 1 is 1.38 bits per heavy atom. The molecule has 0 aliphatic heterocycles. The molecule has 0 saturated heterocycles. The summed E-state index contributed by atoms with van der Waals surface area (Å²) in [4.78, 5) is 0. The summed E-state index contributed by atoms with van der Waals surface area (Å²) in [6, 6.07) is 1.19. The van der Waals surface area contributed by atoms with Gasteiger partial charge >= 0.3 is 6.01 Å². The zero-order valence-electron chi connectivity index (χ0n) is 7.66. The molecule has 2 aliphatic rings. The van der Waals surface area contributed by atoms with Gasteiger partial charge in [0.1, 0.15) is 0 Å². The molecule has 1 aromatic heterocycles. The van der Waals surface area contributed by atoms with Crippen LogP contribution in [-0.2, 0) is 0 Å². The fraction of sp³-hybridized carbons (Fsp3) is 0.778. The molecule has 13 heavy (non-hydrogen) atoms. The lowest BCUT2D eigenvalue weighted by Crippen LogP contribution is -2.05. The normalized spacial score (nSPS) is 31.8. The summed E-state index contributed by atoms with van der Waals surface area (Å²) >= 11 is 0. The van der Waals surface area contributed by atoms with E-state index < -0.39 is 0 Å². The van der Waals surface area contributed by atoms with Crippen molar-refractivity contribution in [1.82, 2.24) is 10.2 Å². The van der Waals surface area contributed by atoms with E-state index in [0.717, 1.165) is 11.8 Å². The van der Waals surface area contributed by atoms with Crippen molar-refractivity contribution in [1.29, 1.82) is 0 Å². The Bertz CT molecular complexity index is 318. The summed E-state index contributed by atoms with van der Waals surface area (Å²) < 4.78 is 5.25. The van der Waals surface area contributed by atoms with E-state index in [4.69, 9.17) is 4.42 Å². The van der Waals surface area contributed by atoms with Gasteiger partial charge in [-0.25, -0.2) is 0 Å². The summed E-state index contributed by atoms with van der Waals surface area (Å²) in [5, 5.41) is 11.0. The van der Waals surface area contributed by atoms with Crippen molar-refractivity contribution in [3.05, 3.63) is 5.89 Å². The van der Waals surface area contributed by atoms with Crippen LogP contribution in [0, 0.1) is 18.8 Å². The fourth-order valence-corrected chi connectivity index (χ4v) is 1.94. The van der Waals surface area contributed by atoms with Crippen LogP contribution in [0.15, 0.2) is 4.42 Å². The van der Waals surface area contributed by atoms with E-state index in [1.54, 1.807) is 0 Å². The molecule has 0 amide bonds. The Balaban J connectivity index is 1.58. The van der Waals surface area contributed by atoms with Crippen LogP contribution in [0.1, 0.15) is 25.2 Å². The van der Waals surface area contributed by atoms with Crippen LogP contribution in [0.4, 0.5) is 6.01 Å². The molecule has 0 radical (unpaired) electrons. The van der Waals surface area contributed by atoms with E-state index in [9.17, 15) is 0 Å². The van der Waals surface area contributed by atoms with Crippen molar-refractivity contribution < 1.29 is 4.42 Å². The summed E-state index contributed by atoms with van der Waals surface area (Å²) in [6.45, 7) is 1.81. The number of nitrogens with one attached hydrogen (secondary N) is 1. The topological polar surface area (TPSA) is 51.0 Å². The zero-order valence-corrected chi connectivity index (χ0v) is 7.66. The molecule has 4 heteroatoms. The third kappa shape index (κ3) is 1.41. The molecule has 2 atom stereocenters. The van der Waals surface area contributed by atoms with Crippen LogP contribution < -0.4 is 5.32 Å². The smallest absolute Gasteiger partial charge is 0.315 e. The molecule has 0 bridgehead atoms. The van der Waals surface area contributed by atoms with E-state index in [1.807, 2.05) is 6.92 Å². The summed E-state index contributed by atoms with van der Waals surface area (Å²) in [5.41, 5.74) is 0. The highest BCUT2D eigenvalue weighted by molar-refractivity contribution is 5.25. The lowest BCUT2D eigenvalue weighted by Gasteiger charge is -1.97. The first-order chi connectivity index (χ1) is 6.33. The largest absolute Gasteiger partial charge is 0.408 e. The second-order valence-corrected chi connectivity index (χ2v) is 4.11. The number of aromatic nitrogens is 2. The molecule has 0 aromatic carbocycles. The van der Waals surface area contributed by atoms with Crippen molar-refractivity contribution in [3.63, 3.8) is 0 Å². The Labute approximate surface area is 76.7 Å². The predicted octanol–water partition coefficient (Wildman–Crippen LogP) is 1.59. The minimum Gasteiger partial charge on any atom is -0.408 e. The first-order valence-corrected chi connectivity index (χ1v) is 4.89. The van der Waals surface area contributed by atoms with Crippen LogP contribution in [0.2, 0.25) is 0 Å². The molecule has 2 unspecified atom stereocenters. The number of hydrogen-bond acceptors (Lipinski definition) is 4. The monoisotopic (exact) mass is 179 g/mol. The third-order valence-electron chi connectivity index (χ3n) is 2.90. The molecule has 1 heterocycles. The molecule has 0 spiro atoms. The number of nitrogens with zero attached hydrogens (tertiary/aromatic N) is 2. The Hall–Kier alpha value is -1.06. The molecular formula is C9H13N3O. The standard InChI is InChI=1S/C9H13N3O/c1-5-11-12-9(13-5)10-8-4-7(8)6-2-3-6/h6-8H,2-4H2,1H3,(H,10,12). The lowest BCUT2D eigenvalue weighted by atomic mass is 10.3. The van der Waals surface area contributed by atoms with Crippen molar-refractivity contribution >= 4 is 6.01 Å². The Morgan fingerprint density at radius 3 is 2.85 bits per heavy atom. The molecule has 70 valence electrons. The van der Waals surface area contributed by atoms with Gasteiger partial charge in [0.05, 0.1) is 0 Å². The maximum atomic E-state index is 5.25. The van der Waals surface area contributed by atoms with Crippen LogP contribution >= 0.6 is 0 Å². The van der Waals surface area contributed by atoms with E-state index in [0.29, 0.717) is 17.9 Å². The highest BCUT2D eigenvalue weighted by Gasteiger charge is 2.47. The minimum atomic E-state index is 0.589. The SMILES string of the molecule is Cc1nnc(NC2CC2C2CC2)o1. The van der Waals surface area contributed by atoms with Crippen LogP contribution in [0.5, 0.6) is 0 Å². The van der Waals surface area contributed by atoms with Crippen LogP contribution in [0.3, 0.4) is 0 Å². The second-order valence-electron chi connectivity index (χ2n) is 4.11. The maximum Gasteiger partial charge on any atom is 0.315 e. The maximum absolute atomic E-state index is 5.25. The Kier molecular flexibility index (Phi) is 1.39. The van der Waals surface area contributed by atoms with E-state index in [1.165, 1.54) is 19.3 Å². The minimum absolute atomic E-state index is 0.589. The highest BCUT2D eigenvalue weighted by atomic mass is 16.4. The van der Waals surface area contributed by atoms with Gasteiger partial charge in [-0.3, -0.25) is 0 Å². The van der Waals surface area contributed by atoms with Crippen molar-refractivity contribution in [2.75, 3.05) is 5.32 Å².